The molecule has 30 heavy (non-hydrogen) atoms. The van der Waals surface area contributed by atoms with Crippen molar-refractivity contribution in [2.24, 2.45) is 5.16 Å². The number of hydrogen-bond acceptors (Lipinski definition) is 6. The van der Waals surface area contributed by atoms with Crippen molar-refractivity contribution in [3.05, 3.63) is 89.2 Å². The highest BCUT2D eigenvalue weighted by Crippen LogP contribution is 2.26. The highest BCUT2D eigenvalue weighted by Gasteiger charge is 2.27. The first kappa shape index (κ1) is 19.4. The Morgan fingerprint density at radius 3 is 2.40 bits per heavy atom. The van der Waals surface area contributed by atoms with Crippen LogP contribution >= 0.6 is 0 Å². The molecule has 0 N–H and O–H groups in total. The molecular formula is C24H19NO5. The predicted octanol–water partition coefficient (Wildman–Crippen LogP) is 4.86. The van der Waals surface area contributed by atoms with Gasteiger partial charge in [-0.15, -0.1) is 0 Å². The highest BCUT2D eigenvalue weighted by atomic mass is 16.7. The van der Waals surface area contributed by atoms with Gasteiger partial charge in [0, 0.05) is 11.1 Å². The highest BCUT2D eigenvalue weighted by molar-refractivity contribution is 6.31. The molecule has 0 saturated heterocycles. The van der Waals surface area contributed by atoms with Crippen LogP contribution in [-0.4, -0.2) is 23.8 Å². The summed E-state index contributed by atoms with van der Waals surface area (Å²) >= 11 is 0. The lowest BCUT2D eigenvalue weighted by atomic mass is 10.0. The number of nitrogens with zero attached hydrogens (tertiary/aromatic N) is 1. The van der Waals surface area contributed by atoms with Gasteiger partial charge in [-0.05, 0) is 44.2 Å². The van der Waals surface area contributed by atoms with E-state index in [4.69, 9.17) is 14.0 Å². The van der Waals surface area contributed by atoms with Crippen LogP contribution < -0.4 is 0 Å². The van der Waals surface area contributed by atoms with E-state index in [9.17, 15) is 9.59 Å². The normalized spacial score (nSPS) is 14.7. The molecule has 0 fully saturated rings. The lowest BCUT2D eigenvalue weighted by Crippen LogP contribution is -2.11. The van der Waals surface area contributed by atoms with Crippen LogP contribution in [0.5, 0.6) is 0 Å². The topological polar surface area (TPSA) is 78.1 Å². The lowest BCUT2D eigenvalue weighted by Gasteiger charge is -2.07. The average molecular weight is 401 g/mol. The van der Waals surface area contributed by atoms with E-state index in [1.54, 1.807) is 56.3 Å². The van der Waals surface area contributed by atoms with Gasteiger partial charge in [0.2, 0.25) is 0 Å². The molecule has 3 aromatic rings. The van der Waals surface area contributed by atoms with Crippen molar-refractivity contribution in [3.63, 3.8) is 0 Å². The Labute approximate surface area is 173 Å². The molecule has 0 unspecified atom stereocenters. The second-order valence-electron chi connectivity index (χ2n) is 6.98. The van der Waals surface area contributed by atoms with Crippen LogP contribution in [0.25, 0.3) is 17.4 Å². The smallest absolute Gasteiger partial charge is 0.368 e. The Hall–Kier alpha value is -3.93. The molecule has 6 nitrogen and oxygen atoms in total. The first-order chi connectivity index (χ1) is 14.5. The summed E-state index contributed by atoms with van der Waals surface area (Å²) < 4.78 is 11.1. The third kappa shape index (κ3) is 4.07. The van der Waals surface area contributed by atoms with E-state index >= 15 is 0 Å². The van der Waals surface area contributed by atoms with Gasteiger partial charge in [-0.2, -0.15) is 0 Å². The molecule has 1 aliphatic rings. The summed E-state index contributed by atoms with van der Waals surface area (Å²) in [6.45, 7) is 3.61. The zero-order valence-corrected chi connectivity index (χ0v) is 16.5. The quantitative estimate of drug-likeness (QED) is 0.347. The van der Waals surface area contributed by atoms with Gasteiger partial charge in [0.05, 0.1) is 17.2 Å². The number of carbonyl (C=O) groups excluding carboxylic acids is 2. The minimum absolute atomic E-state index is 0.176. The summed E-state index contributed by atoms with van der Waals surface area (Å²) in [6.07, 6.45) is 1.43. The summed E-state index contributed by atoms with van der Waals surface area (Å²) in [5.74, 6) is 0.203. The van der Waals surface area contributed by atoms with Gasteiger partial charge in [-0.1, -0.05) is 47.6 Å². The maximum Gasteiger partial charge on any atom is 0.368 e. The van der Waals surface area contributed by atoms with E-state index in [-0.39, 0.29) is 12.1 Å². The molecule has 1 aromatic heterocycles. The van der Waals surface area contributed by atoms with Crippen molar-refractivity contribution < 1.29 is 23.6 Å². The molecule has 0 aliphatic carbocycles. The molecule has 2 heterocycles. The van der Waals surface area contributed by atoms with Gasteiger partial charge in [-0.3, -0.25) is 0 Å². The number of ether oxygens (including phenoxy) is 1. The Balaban J connectivity index is 1.56. The second kappa shape index (κ2) is 8.21. The molecule has 150 valence electrons. The second-order valence-corrected chi connectivity index (χ2v) is 6.98. The molecule has 0 amide bonds. The Kier molecular flexibility index (Phi) is 5.30. The summed E-state index contributed by atoms with van der Waals surface area (Å²) in [5, 5.41) is 3.89. The van der Waals surface area contributed by atoms with Crippen molar-refractivity contribution >= 4 is 23.7 Å². The summed E-state index contributed by atoms with van der Waals surface area (Å²) in [4.78, 5) is 29.0. The van der Waals surface area contributed by atoms with E-state index in [1.807, 2.05) is 30.3 Å². The van der Waals surface area contributed by atoms with Crippen LogP contribution in [0.2, 0.25) is 0 Å². The number of esters is 1. The first-order valence-corrected chi connectivity index (χ1v) is 9.49. The number of hydrogen-bond donors (Lipinski definition) is 0. The summed E-state index contributed by atoms with van der Waals surface area (Å²) in [7, 11) is 0. The zero-order chi connectivity index (χ0) is 21.1. The molecule has 0 saturated carbocycles. The van der Waals surface area contributed by atoms with Gasteiger partial charge in [0.15, 0.2) is 0 Å². The number of benzene rings is 2. The SMILES string of the molecule is CC(C)OC(=O)c1ccc(-c2ccc(/C=C3\C(=O)ON=C3c3ccccc3)o2)cc1. The van der Waals surface area contributed by atoms with E-state index in [0.717, 1.165) is 11.1 Å². The van der Waals surface area contributed by atoms with Crippen LogP contribution in [0.1, 0.15) is 35.5 Å². The lowest BCUT2D eigenvalue weighted by molar-refractivity contribution is -0.136. The number of rotatable bonds is 5. The molecule has 6 heteroatoms. The Morgan fingerprint density at radius 1 is 0.967 bits per heavy atom. The number of carbonyl (C=O) groups is 2. The molecule has 4 rings (SSSR count). The standard InChI is InChI=1S/C24H19NO5/c1-15(2)28-23(26)18-10-8-16(9-11-18)21-13-12-19(29-21)14-20-22(25-30-24(20)27)17-6-4-3-5-7-17/h3-15H,1-2H3/b20-14-. The Morgan fingerprint density at radius 2 is 1.70 bits per heavy atom. The fourth-order valence-corrected chi connectivity index (χ4v) is 2.99. The molecule has 0 radical (unpaired) electrons. The van der Waals surface area contributed by atoms with Crippen LogP contribution in [0.3, 0.4) is 0 Å². The van der Waals surface area contributed by atoms with Crippen molar-refractivity contribution in [2.75, 3.05) is 0 Å². The van der Waals surface area contributed by atoms with Crippen LogP contribution in [-0.2, 0) is 14.4 Å². The Bertz CT molecular complexity index is 1140. The third-order valence-electron chi connectivity index (χ3n) is 4.40. The maximum atomic E-state index is 12.1. The zero-order valence-electron chi connectivity index (χ0n) is 16.5. The van der Waals surface area contributed by atoms with E-state index in [1.165, 1.54) is 0 Å². The van der Waals surface area contributed by atoms with Crippen molar-refractivity contribution in [1.82, 2.24) is 0 Å². The molecule has 0 spiro atoms. The number of furan rings is 1. The van der Waals surface area contributed by atoms with Gasteiger partial charge in [-0.25, -0.2) is 9.59 Å². The minimum atomic E-state index is -0.528. The minimum Gasteiger partial charge on any atom is -0.459 e. The molecule has 2 aromatic carbocycles. The molecule has 0 bridgehead atoms. The molecule has 1 aliphatic heterocycles. The van der Waals surface area contributed by atoms with Crippen molar-refractivity contribution in [1.29, 1.82) is 0 Å². The average Bonchev–Trinajstić information content (AvgIpc) is 3.36. The van der Waals surface area contributed by atoms with Crippen molar-refractivity contribution in [3.8, 4) is 11.3 Å². The van der Waals surface area contributed by atoms with Crippen LogP contribution in [0, 0.1) is 0 Å². The van der Waals surface area contributed by atoms with Crippen LogP contribution in [0.15, 0.2) is 81.9 Å². The molecular weight excluding hydrogens is 382 g/mol. The largest absolute Gasteiger partial charge is 0.459 e. The van der Waals surface area contributed by atoms with E-state index in [0.29, 0.717) is 28.4 Å². The van der Waals surface area contributed by atoms with Crippen molar-refractivity contribution in [2.45, 2.75) is 20.0 Å². The summed E-state index contributed by atoms with van der Waals surface area (Å²) in [5.41, 5.74) is 2.84. The third-order valence-corrected chi connectivity index (χ3v) is 4.40. The number of oxime groups is 1. The van der Waals surface area contributed by atoms with E-state index in [2.05, 4.69) is 5.16 Å². The van der Waals surface area contributed by atoms with E-state index < -0.39 is 5.97 Å². The molecule has 0 atom stereocenters. The predicted molar refractivity (Wildman–Crippen MR) is 112 cm³/mol. The monoisotopic (exact) mass is 401 g/mol. The van der Waals surface area contributed by atoms with Gasteiger partial charge >= 0.3 is 11.9 Å². The van der Waals surface area contributed by atoms with Gasteiger partial charge in [0.25, 0.3) is 0 Å². The fourth-order valence-electron chi connectivity index (χ4n) is 2.99. The fraction of sp³-hybridized carbons (Fsp3) is 0.125. The first-order valence-electron chi connectivity index (χ1n) is 9.49. The summed E-state index contributed by atoms with van der Waals surface area (Å²) in [6, 6.07) is 19.8. The van der Waals surface area contributed by atoms with Gasteiger partial charge < -0.3 is 14.0 Å². The van der Waals surface area contributed by atoms with Crippen LogP contribution in [0.4, 0.5) is 0 Å². The maximum absolute atomic E-state index is 12.1. The van der Waals surface area contributed by atoms with Gasteiger partial charge in [0.1, 0.15) is 17.2 Å².